The molecule has 0 bridgehead atoms. The molecule has 0 fully saturated rings. The first-order chi connectivity index (χ1) is 16.3. The highest BCUT2D eigenvalue weighted by Gasteiger charge is 2.38. The number of carbonyl (C=O) groups is 3. The number of carbonyl (C=O) groups excluding carboxylic acids is 3. The number of rotatable bonds is 9. The Morgan fingerprint density at radius 2 is 1.63 bits per heavy atom. The molecule has 0 aromatic heterocycles. The first-order valence-corrected chi connectivity index (χ1v) is 10.3. The number of aliphatic hydroxyl groups is 1. The maximum Gasteiger partial charge on any atom is 0.471 e. The highest BCUT2D eigenvalue weighted by Crippen LogP contribution is 2.26. The van der Waals surface area contributed by atoms with Crippen molar-refractivity contribution < 1.29 is 42.3 Å². The van der Waals surface area contributed by atoms with Crippen molar-refractivity contribution in [2.45, 2.75) is 23.2 Å². The van der Waals surface area contributed by atoms with E-state index in [1.165, 1.54) is 12.1 Å². The van der Waals surface area contributed by atoms with Gasteiger partial charge in [-0.1, -0.05) is 23.2 Å². The van der Waals surface area contributed by atoms with Crippen molar-refractivity contribution in [2.75, 3.05) is 11.9 Å². The molecule has 0 aliphatic rings. The van der Waals surface area contributed by atoms with Crippen LogP contribution in [0, 0.1) is 10.1 Å². The molecule has 0 radical (unpaired) electrons. The lowest BCUT2D eigenvalue weighted by Gasteiger charge is -2.27. The van der Waals surface area contributed by atoms with E-state index in [9.17, 15) is 42.8 Å². The van der Waals surface area contributed by atoms with Crippen LogP contribution in [-0.2, 0) is 14.3 Å². The molecule has 2 amide bonds. The Bertz CT molecular complexity index is 1080. The SMILES string of the molecule is O=C(O[C@H](c1ccc([N+](=O)[O-])cc1)[C@@H](CO)NC(=O)C(Cl)Cl)c1ccc(NC(=O)C(F)(F)F)cc1. The van der Waals surface area contributed by atoms with Gasteiger partial charge in [-0.25, -0.2) is 4.79 Å². The Kier molecular flexibility index (Phi) is 9.40. The second kappa shape index (κ2) is 11.8. The van der Waals surface area contributed by atoms with Crippen LogP contribution in [0.3, 0.4) is 0 Å². The summed E-state index contributed by atoms with van der Waals surface area (Å²) in [7, 11) is 0. The molecule has 188 valence electrons. The maximum atomic E-state index is 12.7. The summed E-state index contributed by atoms with van der Waals surface area (Å²) in [6.45, 7) is -0.760. The molecule has 2 aromatic carbocycles. The molecule has 15 heteroatoms. The number of nitrogens with one attached hydrogen (secondary N) is 2. The second-order valence-corrected chi connectivity index (χ2v) is 7.90. The molecule has 0 saturated heterocycles. The van der Waals surface area contributed by atoms with Gasteiger partial charge in [0.25, 0.3) is 11.6 Å². The molecule has 2 aromatic rings. The fourth-order valence-corrected chi connectivity index (χ4v) is 2.83. The standard InChI is InChI=1S/C20H16Cl2F3N3O7/c21-16(22)17(30)27-14(9-29)15(10-3-7-13(8-4-10)28(33)34)35-18(31)11-1-5-12(6-2-11)26-19(32)20(23,24)25/h1-8,14-16,29H,9H2,(H,26,32)(H,27,30)/t14-,15-/m1/s1. The van der Waals surface area contributed by atoms with E-state index in [1.54, 1.807) is 5.32 Å². The van der Waals surface area contributed by atoms with Crippen molar-refractivity contribution >= 4 is 52.4 Å². The van der Waals surface area contributed by atoms with Gasteiger partial charge >= 0.3 is 18.1 Å². The molecular weight excluding hydrogens is 522 g/mol. The molecule has 0 aliphatic carbocycles. The molecule has 0 unspecified atom stereocenters. The van der Waals surface area contributed by atoms with E-state index in [0.717, 1.165) is 36.4 Å². The average molecular weight is 538 g/mol. The lowest BCUT2D eigenvalue weighted by Crippen LogP contribution is -2.45. The molecule has 0 spiro atoms. The molecule has 0 heterocycles. The highest BCUT2D eigenvalue weighted by molar-refractivity contribution is 6.53. The third-order valence-corrected chi connectivity index (χ3v) is 4.79. The second-order valence-electron chi connectivity index (χ2n) is 6.80. The van der Waals surface area contributed by atoms with Gasteiger partial charge in [-0.2, -0.15) is 13.2 Å². The van der Waals surface area contributed by atoms with E-state index in [4.69, 9.17) is 27.9 Å². The Balaban J connectivity index is 2.29. The molecule has 35 heavy (non-hydrogen) atoms. The number of anilines is 1. The lowest BCUT2D eigenvalue weighted by atomic mass is 10.0. The van der Waals surface area contributed by atoms with E-state index in [1.807, 2.05) is 0 Å². The number of ether oxygens (including phenoxy) is 1. The van der Waals surface area contributed by atoms with Crippen LogP contribution in [0.2, 0.25) is 0 Å². The van der Waals surface area contributed by atoms with E-state index >= 15 is 0 Å². The predicted molar refractivity (Wildman–Crippen MR) is 117 cm³/mol. The van der Waals surface area contributed by atoms with E-state index in [2.05, 4.69) is 5.32 Å². The Morgan fingerprint density at radius 3 is 2.09 bits per heavy atom. The first kappa shape index (κ1) is 27.8. The summed E-state index contributed by atoms with van der Waals surface area (Å²) in [4.78, 5) is 44.4. The van der Waals surface area contributed by atoms with Crippen LogP contribution in [-0.4, -0.2) is 51.5 Å². The maximum absolute atomic E-state index is 12.7. The minimum atomic E-state index is -5.11. The van der Waals surface area contributed by atoms with Crippen LogP contribution in [0.4, 0.5) is 24.5 Å². The monoisotopic (exact) mass is 537 g/mol. The summed E-state index contributed by atoms with van der Waals surface area (Å²) in [5, 5.41) is 24.6. The molecule has 10 nitrogen and oxygen atoms in total. The van der Waals surface area contributed by atoms with Gasteiger partial charge in [0.2, 0.25) is 0 Å². The molecular formula is C20H16Cl2F3N3O7. The Hall–Kier alpha value is -3.42. The zero-order valence-electron chi connectivity index (χ0n) is 17.3. The minimum absolute atomic E-state index is 0.151. The van der Waals surface area contributed by atoms with Crippen molar-refractivity contribution in [1.29, 1.82) is 0 Å². The van der Waals surface area contributed by atoms with E-state index in [-0.39, 0.29) is 22.5 Å². The fraction of sp³-hybridized carbons (Fsp3) is 0.250. The topological polar surface area (TPSA) is 148 Å². The van der Waals surface area contributed by atoms with Gasteiger partial charge in [0.05, 0.1) is 23.1 Å². The lowest BCUT2D eigenvalue weighted by molar-refractivity contribution is -0.384. The zero-order chi connectivity index (χ0) is 26.3. The third kappa shape index (κ3) is 7.80. The van der Waals surface area contributed by atoms with Crippen molar-refractivity contribution in [1.82, 2.24) is 5.32 Å². The number of aliphatic hydroxyl groups excluding tert-OH is 1. The number of nitro benzene ring substituents is 1. The number of esters is 1. The number of halogens is 5. The number of nitrogens with zero attached hydrogens (tertiary/aromatic N) is 1. The van der Waals surface area contributed by atoms with Gasteiger partial charge in [-0.15, -0.1) is 0 Å². The minimum Gasteiger partial charge on any atom is -0.452 e. The van der Waals surface area contributed by atoms with Crippen LogP contribution in [0.1, 0.15) is 22.0 Å². The molecule has 3 N–H and O–H groups in total. The molecule has 0 saturated carbocycles. The van der Waals surface area contributed by atoms with Crippen molar-refractivity contribution in [3.63, 3.8) is 0 Å². The number of hydrogen-bond donors (Lipinski definition) is 3. The zero-order valence-corrected chi connectivity index (χ0v) is 18.8. The van der Waals surface area contributed by atoms with Gasteiger partial charge in [0.1, 0.15) is 6.10 Å². The molecule has 2 rings (SSSR count). The number of amides is 2. The van der Waals surface area contributed by atoms with E-state index < -0.39 is 52.5 Å². The molecule has 0 aliphatic heterocycles. The number of alkyl halides is 5. The van der Waals surface area contributed by atoms with Crippen LogP contribution in [0.25, 0.3) is 0 Å². The summed E-state index contributed by atoms with van der Waals surface area (Å²) in [6, 6.07) is 7.60. The Morgan fingerprint density at radius 1 is 1.06 bits per heavy atom. The number of benzene rings is 2. The summed E-state index contributed by atoms with van der Waals surface area (Å²) >= 11 is 11.0. The van der Waals surface area contributed by atoms with Crippen LogP contribution in [0.5, 0.6) is 0 Å². The van der Waals surface area contributed by atoms with Gasteiger partial charge in [-0.3, -0.25) is 19.7 Å². The van der Waals surface area contributed by atoms with Gasteiger partial charge in [0.15, 0.2) is 4.84 Å². The van der Waals surface area contributed by atoms with Gasteiger partial charge < -0.3 is 20.5 Å². The number of non-ortho nitro benzene ring substituents is 1. The van der Waals surface area contributed by atoms with Gasteiger partial charge in [-0.05, 0) is 42.0 Å². The van der Waals surface area contributed by atoms with Crippen LogP contribution < -0.4 is 10.6 Å². The first-order valence-electron chi connectivity index (χ1n) is 9.46. The van der Waals surface area contributed by atoms with Crippen LogP contribution >= 0.6 is 23.2 Å². The summed E-state index contributed by atoms with van der Waals surface area (Å²) in [5.41, 5.74) is -0.524. The van der Waals surface area contributed by atoms with Crippen molar-refractivity contribution in [3.05, 3.63) is 69.8 Å². The predicted octanol–water partition coefficient (Wildman–Crippen LogP) is 3.27. The number of hydrogen-bond acceptors (Lipinski definition) is 7. The summed E-state index contributed by atoms with van der Waals surface area (Å²) in [5.74, 6) is -4.15. The van der Waals surface area contributed by atoms with Crippen LogP contribution in [0.15, 0.2) is 48.5 Å². The van der Waals surface area contributed by atoms with Gasteiger partial charge in [0, 0.05) is 17.8 Å². The Labute approximate surface area is 205 Å². The summed E-state index contributed by atoms with van der Waals surface area (Å²) < 4.78 is 42.5. The molecule has 2 atom stereocenters. The van der Waals surface area contributed by atoms with E-state index in [0.29, 0.717) is 0 Å². The third-order valence-electron chi connectivity index (χ3n) is 4.39. The van der Waals surface area contributed by atoms with Crippen molar-refractivity contribution in [3.8, 4) is 0 Å². The smallest absolute Gasteiger partial charge is 0.452 e. The highest BCUT2D eigenvalue weighted by atomic mass is 35.5. The fourth-order valence-electron chi connectivity index (χ4n) is 2.71. The summed E-state index contributed by atoms with van der Waals surface area (Å²) in [6.07, 6.45) is -6.49. The quantitative estimate of drug-likeness (QED) is 0.192. The largest absolute Gasteiger partial charge is 0.471 e. The average Bonchev–Trinajstić information content (AvgIpc) is 2.80. The number of nitro groups is 1. The normalized spacial score (nSPS) is 13.0. The van der Waals surface area contributed by atoms with Crippen molar-refractivity contribution in [2.24, 2.45) is 0 Å².